The van der Waals surface area contributed by atoms with Crippen LogP contribution in [0.15, 0.2) is 39.5 Å². The highest BCUT2D eigenvalue weighted by Crippen LogP contribution is 2.40. The van der Waals surface area contributed by atoms with Gasteiger partial charge in [0.2, 0.25) is 23.8 Å². The third-order valence-corrected chi connectivity index (χ3v) is 7.20. The summed E-state index contributed by atoms with van der Waals surface area (Å²) in [4.78, 5) is 25.1. The molecule has 2 aliphatic heterocycles. The number of hydrogen-bond acceptors (Lipinski definition) is 17. The van der Waals surface area contributed by atoms with Crippen LogP contribution in [0.2, 0.25) is 0 Å². The molecule has 2 aromatic carbocycles. The summed E-state index contributed by atoms with van der Waals surface area (Å²) >= 11 is 0. The van der Waals surface area contributed by atoms with Gasteiger partial charge in [-0.3, -0.25) is 9.59 Å². The van der Waals surface area contributed by atoms with Crippen LogP contribution >= 0.6 is 0 Å². The van der Waals surface area contributed by atoms with E-state index in [1.54, 1.807) is 0 Å². The molecule has 0 spiro atoms. The normalized spacial score (nSPS) is 30.2. The highest BCUT2D eigenvalue weighted by Gasteiger charge is 2.46. The minimum absolute atomic E-state index is 0.0596. The molecule has 3 aromatic rings. The standard InChI is InChI=1S/C28H30O17/c1-9(29)40-8-17-20(35)22(37)24(39)28(44-17)45-26-21(36)18-14(32)5-11(42-27-23(38)19(34)15(33)7-41-27)6-16(18)43-25(26)10-2-3-12(30)13(31)4-10/h2-6,15,17,19-20,22-24,27-28,30-35,37-39H,7-8H2,1H3/t15-,17-,19+,20-,22+,23-,24-,27+,28+/m0/s1. The van der Waals surface area contributed by atoms with Crippen LogP contribution in [0, 0.1) is 0 Å². The second kappa shape index (κ2) is 12.7. The molecule has 0 radical (unpaired) electrons. The summed E-state index contributed by atoms with van der Waals surface area (Å²) in [6.45, 7) is 0.161. The summed E-state index contributed by atoms with van der Waals surface area (Å²) in [5, 5.41) is 91.4. The molecule has 0 amide bonds. The Kier molecular flexibility index (Phi) is 9.06. The summed E-state index contributed by atoms with van der Waals surface area (Å²) < 4.78 is 32.6. The first kappa shape index (κ1) is 32.2. The molecular formula is C28H30O17. The molecule has 0 saturated carbocycles. The van der Waals surface area contributed by atoms with Crippen molar-refractivity contribution < 1.29 is 78.9 Å². The van der Waals surface area contributed by atoms with Crippen molar-refractivity contribution in [2.45, 2.75) is 62.2 Å². The van der Waals surface area contributed by atoms with Crippen LogP contribution in [0.4, 0.5) is 0 Å². The van der Waals surface area contributed by atoms with E-state index in [0.717, 1.165) is 31.2 Å². The summed E-state index contributed by atoms with van der Waals surface area (Å²) in [6.07, 6.45) is -15.0. The van der Waals surface area contributed by atoms with E-state index in [1.165, 1.54) is 6.07 Å². The smallest absolute Gasteiger partial charge is 0.302 e. The van der Waals surface area contributed by atoms with E-state index in [-0.39, 0.29) is 23.5 Å². The van der Waals surface area contributed by atoms with Crippen molar-refractivity contribution in [3.63, 3.8) is 0 Å². The summed E-state index contributed by atoms with van der Waals surface area (Å²) in [6, 6.07) is 5.39. The van der Waals surface area contributed by atoms with Gasteiger partial charge in [-0.15, -0.1) is 0 Å². The van der Waals surface area contributed by atoms with Crippen molar-refractivity contribution in [2.24, 2.45) is 0 Å². The molecule has 1 aromatic heterocycles. The van der Waals surface area contributed by atoms with Gasteiger partial charge in [-0.1, -0.05) is 0 Å². The summed E-state index contributed by atoms with van der Waals surface area (Å²) in [5.41, 5.74) is -1.44. The van der Waals surface area contributed by atoms with Gasteiger partial charge in [0.15, 0.2) is 17.3 Å². The Bertz CT molecular complexity index is 1620. The van der Waals surface area contributed by atoms with E-state index >= 15 is 0 Å². The SMILES string of the molecule is CC(=O)OC[C@@H]1O[C@H](Oc2c(-c3ccc(O)c(O)c3)oc3cc(O[C@H]4OC[C@H](O)[C@@H](O)[C@@H]4O)cc(O)c3c2=O)[C@@H](O)[C@H](O)[C@H]1O. The highest BCUT2D eigenvalue weighted by molar-refractivity contribution is 5.88. The summed E-state index contributed by atoms with van der Waals surface area (Å²) in [7, 11) is 0. The van der Waals surface area contributed by atoms with Gasteiger partial charge in [0.25, 0.3) is 0 Å². The molecule has 2 saturated heterocycles. The average molecular weight is 639 g/mol. The highest BCUT2D eigenvalue weighted by atomic mass is 16.7. The molecule has 17 heteroatoms. The number of fused-ring (bicyclic) bond motifs is 1. The van der Waals surface area contributed by atoms with Gasteiger partial charge in [-0.2, -0.15) is 0 Å². The van der Waals surface area contributed by atoms with Crippen LogP contribution in [0.5, 0.6) is 28.7 Å². The Labute approximate surface area is 252 Å². The molecule has 9 atom stereocenters. The van der Waals surface area contributed by atoms with Crippen molar-refractivity contribution in [1.29, 1.82) is 0 Å². The number of carbonyl (C=O) groups is 1. The number of aliphatic hydroxyl groups is 6. The number of aliphatic hydroxyl groups excluding tert-OH is 6. The van der Waals surface area contributed by atoms with Crippen LogP contribution in [0.25, 0.3) is 22.3 Å². The van der Waals surface area contributed by atoms with Crippen molar-refractivity contribution in [3.05, 3.63) is 40.6 Å². The Morgan fingerprint density at radius 2 is 1.56 bits per heavy atom. The van der Waals surface area contributed by atoms with E-state index in [0.29, 0.717) is 0 Å². The zero-order valence-corrected chi connectivity index (χ0v) is 23.3. The molecule has 244 valence electrons. The van der Waals surface area contributed by atoms with E-state index in [9.17, 15) is 55.5 Å². The number of phenolic OH excluding ortho intramolecular Hbond substituents is 3. The summed E-state index contributed by atoms with van der Waals surface area (Å²) in [5.74, 6) is -3.95. The number of rotatable bonds is 7. The quantitative estimate of drug-likeness (QED) is 0.101. The van der Waals surface area contributed by atoms with Crippen molar-refractivity contribution >= 4 is 16.9 Å². The molecule has 45 heavy (non-hydrogen) atoms. The maximum atomic E-state index is 13.8. The lowest BCUT2D eigenvalue weighted by Crippen LogP contribution is -2.60. The van der Waals surface area contributed by atoms with Crippen LogP contribution in [0.1, 0.15) is 6.92 Å². The predicted octanol–water partition coefficient (Wildman–Crippen LogP) is -1.86. The van der Waals surface area contributed by atoms with Crippen LogP contribution in [0.3, 0.4) is 0 Å². The number of esters is 1. The fourth-order valence-corrected chi connectivity index (χ4v) is 4.77. The monoisotopic (exact) mass is 638 g/mol. The lowest BCUT2D eigenvalue weighted by Gasteiger charge is -2.39. The first-order valence-electron chi connectivity index (χ1n) is 13.4. The molecule has 0 bridgehead atoms. The van der Waals surface area contributed by atoms with Crippen molar-refractivity contribution in [1.82, 2.24) is 0 Å². The second-order valence-corrected chi connectivity index (χ2v) is 10.4. The number of carbonyl (C=O) groups excluding carboxylic acids is 1. The number of aromatic hydroxyl groups is 3. The molecule has 5 rings (SSSR count). The van der Waals surface area contributed by atoms with Gasteiger partial charge in [-0.25, -0.2) is 0 Å². The first-order chi connectivity index (χ1) is 21.3. The molecule has 3 heterocycles. The van der Waals surface area contributed by atoms with E-state index in [2.05, 4.69) is 0 Å². The molecule has 0 aliphatic carbocycles. The third-order valence-electron chi connectivity index (χ3n) is 7.20. The van der Waals surface area contributed by atoms with Crippen molar-refractivity contribution in [3.8, 4) is 40.1 Å². The number of phenols is 3. The Hall–Kier alpha value is -4.20. The molecule has 9 N–H and O–H groups in total. The second-order valence-electron chi connectivity index (χ2n) is 10.4. The fourth-order valence-electron chi connectivity index (χ4n) is 4.77. The maximum Gasteiger partial charge on any atom is 0.302 e. The minimum atomic E-state index is -1.95. The van der Waals surface area contributed by atoms with Gasteiger partial charge in [-0.05, 0) is 18.2 Å². The molecule has 2 fully saturated rings. The van der Waals surface area contributed by atoms with Gasteiger partial charge >= 0.3 is 5.97 Å². The van der Waals surface area contributed by atoms with Gasteiger partial charge < -0.3 is 74.1 Å². The van der Waals surface area contributed by atoms with E-state index in [4.69, 9.17) is 28.1 Å². The van der Waals surface area contributed by atoms with Gasteiger partial charge in [0, 0.05) is 24.6 Å². The molecular weight excluding hydrogens is 608 g/mol. The first-order valence-corrected chi connectivity index (χ1v) is 13.4. The topological polar surface area (TPSA) is 275 Å². The third kappa shape index (κ3) is 6.33. The van der Waals surface area contributed by atoms with Gasteiger partial charge in [0.05, 0.1) is 6.61 Å². The van der Waals surface area contributed by atoms with Gasteiger partial charge in [0.1, 0.15) is 71.8 Å². The molecule has 0 unspecified atom stereocenters. The average Bonchev–Trinajstić information content (AvgIpc) is 2.99. The Morgan fingerprint density at radius 3 is 2.24 bits per heavy atom. The zero-order valence-electron chi connectivity index (χ0n) is 23.3. The van der Waals surface area contributed by atoms with E-state index in [1.807, 2.05) is 0 Å². The maximum absolute atomic E-state index is 13.8. The van der Waals surface area contributed by atoms with Crippen LogP contribution < -0.4 is 14.9 Å². The fraction of sp³-hybridized carbons (Fsp3) is 0.429. The van der Waals surface area contributed by atoms with Crippen LogP contribution in [-0.4, -0.2) is 120 Å². The Balaban J connectivity index is 1.58. The predicted molar refractivity (Wildman–Crippen MR) is 145 cm³/mol. The largest absolute Gasteiger partial charge is 0.507 e. The van der Waals surface area contributed by atoms with Crippen LogP contribution in [-0.2, 0) is 19.0 Å². The zero-order chi connectivity index (χ0) is 32.7. The van der Waals surface area contributed by atoms with E-state index < -0.39 is 107 Å². The Morgan fingerprint density at radius 1 is 0.844 bits per heavy atom. The molecule has 2 aliphatic rings. The minimum Gasteiger partial charge on any atom is -0.507 e. The molecule has 17 nitrogen and oxygen atoms in total. The number of ether oxygens (including phenoxy) is 5. The lowest BCUT2D eigenvalue weighted by atomic mass is 9.99. The number of benzene rings is 2. The lowest BCUT2D eigenvalue weighted by molar-refractivity contribution is -0.278. The van der Waals surface area contributed by atoms with Crippen molar-refractivity contribution in [2.75, 3.05) is 13.2 Å². The number of hydrogen-bond donors (Lipinski definition) is 9.